The molecule has 1 fully saturated rings. The van der Waals surface area contributed by atoms with Crippen LogP contribution >= 0.6 is 0 Å². The van der Waals surface area contributed by atoms with Crippen molar-refractivity contribution in [2.45, 2.75) is 27.3 Å². The van der Waals surface area contributed by atoms with Crippen LogP contribution in [0.15, 0.2) is 48.7 Å². The van der Waals surface area contributed by atoms with E-state index in [1.165, 1.54) is 40.9 Å². The van der Waals surface area contributed by atoms with Crippen molar-refractivity contribution >= 4 is 0 Å². The van der Waals surface area contributed by atoms with E-state index < -0.39 is 0 Å². The monoisotopic (exact) mass is 417 g/mol. The first-order chi connectivity index (χ1) is 15.0. The van der Waals surface area contributed by atoms with Gasteiger partial charge in [-0.3, -0.25) is 4.90 Å². The van der Waals surface area contributed by atoms with Gasteiger partial charge in [-0.05, 0) is 45.0 Å². The molecule has 31 heavy (non-hydrogen) atoms. The minimum Gasteiger partial charge on any atom is -0.311 e. The van der Waals surface area contributed by atoms with E-state index in [-0.39, 0.29) is 0 Å². The SMILES string of the molecule is Cc1ccc(-n2cc(CNCCN3CCN(C)CC3)c(-c3ccccc3C)n2)c(C)c1. The van der Waals surface area contributed by atoms with Gasteiger partial charge in [0.05, 0.1) is 11.4 Å². The first-order valence-electron chi connectivity index (χ1n) is 11.3. The van der Waals surface area contributed by atoms with Crippen LogP contribution < -0.4 is 5.32 Å². The Bertz CT molecular complexity index is 1010. The van der Waals surface area contributed by atoms with Crippen molar-refractivity contribution in [2.75, 3.05) is 46.3 Å². The van der Waals surface area contributed by atoms with Gasteiger partial charge in [0.1, 0.15) is 0 Å². The Morgan fingerprint density at radius 2 is 1.71 bits per heavy atom. The maximum atomic E-state index is 5.04. The molecule has 1 saturated heterocycles. The molecule has 1 aromatic heterocycles. The van der Waals surface area contributed by atoms with Gasteiger partial charge in [0.25, 0.3) is 0 Å². The Kier molecular flexibility index (Phi) is 6.86. The molecule has 0 bridgehead atoms. The maximum Gasteiger partial charge on any atom is 0.0975 e. The summed E-state index contributed by atoms with van der Waals surface area (Å²) in [6.07, 6.45) is 2.20. The number of aromatic nitrogens is 2. The molecule has 2 aromatic carbocycles. The Balaban J connectivity index is 1.52. The van der Waals surface area contributed by atoms with E-state index in [9.17, 15) is 0 Å². The lowest BCUT2D eigenvalue weighted by molar-refractivity contribution is 0.154. The number of likely N-dealkylation sites (N-methyl/N-ethyl adjacent to an activating group) is 1. The van der Waals surface area contributed by atoms with E-state index in [1.54, 1.807) is 0 Å². The number of rotatable bonds is 7. The van der Waals surface area contributed by atoms with Gasteiger partial charge in [-0.2, -0.15) is 5.10 Å². The van der Waals surface area contributed by atoms with Crippen molar-refractivity contribution in [1.82, 2.24) is 24.9 Å². The molecule has 1 aliphatic heterocycles. The van der Waals surface area contributed by atoms with Gasteiger partial charge in [0.15, 0.2) is 0 Å². The summed E-state index contributed by atoms with van der Waals surface area (Å²) in [7, 11) is 2.20. The molecular formula is C26H35N5. The third-order valence-electron chi connectivity index (χ3n) is 6.31. The minimum absolute atomic E-state index is 0.822. The van der Waals surface area contributed by atoms with E-state index in [0.717, 1.165) is 44.1 Å². The number of hydrogen-bond donors (Lipinski definition) is 1. The van der Waals surface area contributed by atoms with E-state index in [4.69, 9.17) is 5.10 Å². The fourth-order valence-electron chi connectivity index (χ4n) is 4.32. The molecule has 1 N–H and O–H groups in total. The highest BCUT2D eigenvalue weighted by Gasteiger charge is 2.16. The normalized spacial score (nSPS) is 15.5. The number of piperazine rings is 1. The number of nitrogens with one attached hydrogen (secondary N) is 1. The maximum absolute atomic E-state index is 5.04. The predicted octanol–water partition coefficient (Wildman–Crippen LogP) is 3.80. The van der Waals surface area contributed by atoms with E-state index in [2.05, 4.69) is 91.6 Å². The van der Waals surface area contributed by atoms with Crippen molar-refractivity contribution in [3.05, 3.63) is 70.9 Å². The first-order valence-corrected chi connectivity index (χ1v) is 11.3. The molecule has 0 atom stereocenters. The van der Waals surface area contributed by atoms with Gasteiger partial charge >= 0.3 is 0 Å². The second-order valence-electron chi connectivity index (χ2n) is 8.87. The summed E-state index contributed by atoms with van der Waals surface area (Å²) in [5, 5.41) is 8.71. The predicted molar refractivity (Wildman–Crippen MR) is 129 cm³/mol. The molecule has 2 heterocycles. The summed E-state index contributed by atoms with van der Waals surface area (Å²) in [6.45, 7) is 14.0. The van der Waals surface area contributed by atoms with Crippen LogP contribution in [0, 0.1) is 20.8 Å². The standard InChI is InChI=1S/C26H35N5/c1-20-9-10-25(22(3)17-20)31-19-23(26(28-31)24-8-6-5-7-21(24)2)18-27-11-12-30-15-13-29(4)14-16-30/h5-10,17,19,27H,11-16,18H2,1-4H3. The molecule has 0 unspecified atom stereocenters. The molecule has 0 amide bonds. The first kappa shape index (κ1) is 21.8. The highest BCUT2D eigenvalue weighted by molar-refractivity contribution is 5.67. The molecule has 5 nitrogen and oxygen atoms in total. The van der Waals surface area contributed by atoms with Crippen molar-refractivity contribution < 1.29 is 0 Å². The number of nitrogens with zero attached hydrogens (tertiary/aromatic N) is 4. The molecule has 0 aliphatic carbocycles. The third kappa shape index (κ3) is 5.24. The van der Waals surface area contributed by atoms with Crippen LogP contribution in [-0.2, 0) is 6.54 Å². The molecule has 3 aromatic rings. The van der Waals surface area contributed by atoms with E-state index in [1.807, 2.05) is 4.68 Å². The minimum atomic E-state index is 0.822. The van der Waals surface area contributed by atoms with Crippen LogP contribution in [0.5, 0.6) is 0 Å². The third-order valence-corrected chi connectivity index (χ3v) is 6.31. The van der Waals surface area contributed by atoms with Crippen LogP contribution in [0.2, 0.25) is 0 Å². The zero-order chi connectivity index (χ0) is 21.8. The summed E-state index contributed by atoms with van der Waals surface area (Å²) in [5.41, 5.74) is 8.45. The molecule has 0 radical (unpaired) electrons. The van der Waals surface area contributed by atoms with Crippen molar-refractivity contribution in [3.8, 4) is 16.9 Å². The second kappa shape index (κ2) is 9.77. The van der Waals surface area contributed by atoms with Gasteiger partial charge in [-0.15, -0.1) is 0 Å². The van der Waals surface area contributed by atoms with Crippen LogP contribution in [0.1, 0.15) is 22.3 Å². The van der Waals surface area contributed by atoms with Gasteiger partial charge < -0.3 is 10.2 Å². The smallest absolute Gasteiger partial charge is 0.0975 e. The quantitative estimate of drug-likeness (QED) is 0.593. The number of hydrogen-bond acceptors (Lipinski definition) is 4. The van der Waals surface area contributed by atoms with Crippen molar-refractivity contribution in [3.63, 3.8) is 0 Å². The summed E-state index contributed by atoms with van der Waals surface area (Å²) in [5.74, 6) is 0. The molecular weight excluding hydrogens is 382 g/mol. The van der Waals surface area contributed by atoms with E-state index in [0.29, 0.717) is 0 Å². The van der Waals surface area contributed by atoms with Crippen LogP contribution in [0.25, 0.3) is 16.9 Å². The summed E-state index contributed by atoms with van der Waals surface area (Å²) in [6, 6.07) is 15.1. The summed E-state index contributed by atoms with van der Waals surface area (Å²) in [4.78, 5) is 4.95. The van der Waals surface area contributed by atoms with Gasteiger partial charge in [0.2, 0.25) is 0 Å². The van der Waals surface area contributed by atoms with Gasteiger partial charge in [-0.25, -0.2) is 4.68 Å². The Morgan fingerprint density at radius 3 is 2.45 bits per heavy atom. The average Bonchev–Trinajstić information content (AvgIpc) is 3.16. The van der Waals surface area contributed by atoms with Gasteiger partial charge in [0, 0.05) is 63.1 Å². The lowest BCUT2D eigenvalue weighted by atomic mass is 10.0. The topological polar surface area (TPSA) is 36.3 Å². The van der Waals surface area contributed by atoms with Gasteiger partial charge in [-0.1, -0.05) is 42.0 Å². The molecule has 5 heteroatoms. The lowest BCUT2D eigenvalue weighted by Gasteiger charge is -2.32. The van der Waals surface area contributed by atoms with Crippen LogP contribution in [-0.4, -0.2) is 65.9 Å². The molecule has 0 spiro atoms. The van der Waals surface area contributed by atoms with Crippen molar-refractivity contribution in [1.29, 1.82) is 0 Å². The van der Waals surface area contributed by atoms with E-state index >= 15 is 0 Å². The summed E-state index contributed by atoms with van der Waals surface area (Å²) < 4.78 is 2.05. The van der Waals surface area contributed by atoms with Crippen LogP contribution in [0.4, 0.5) is 0 Å². The highest BCUT2D eigenvalue weighted by atomic mass is 15.3. The molecule has 1 aliphatic rings. The zero-order valence-electron chi connectivity index (χ0n) is 19.4. The van der Waals surface area contributed by atoms with Crippen molar-refractivity contribution in [2.24, 2.45) is 0 Å². The molecule has 164 valence electrons. The van der Waals surface area contributed by atoms with Crippen LogP contribution in [0.3, 0.4) is 0 Å². The highest BCUT2D eigenvalue weighted by Crippen LogP contribution is 2.27. The Labute approximate surface area is 186 Å². The average molecular weight is 418 g/mol. The summed E-state index contributed by atoms with van der Waals surface area (Å²) >= 11 is 0. The fraction of sp³-hybridized carbons (Fsp3) is 0.423. The Hall–Kier alpha value is -2.47. The second-order valence-corrected chi connectivity index (χ2v) is 8.87. The number of benzene rings is 2. The largest absolute Gasteiger partial charge is 0.311 e. The zero-order valence-corrected chi connectivity index (χ0v) is 19.4. The molecule has 4 rings (SSSR count). The Morgan fingerprint density at radius 1 is 0.935 bits per heavy atom. The lowest BCUT2D eigenvalue weighted by Crippen LogP contribution is -2.46. The fourth-order valence-corrected chi connectivity index (χ4v) is 4.32. The molecule has 0 saturated carbocycles. The number of aryl methyl sites for hydroxylation is 3.